The van der Waals surface area contributed by atoms with Gasteiger partial charge in [0.05, 0.1) is 22.9 Å². The average Bonchev–Trinajstić information content (AvgIpc) is 2.75. The number of benzene rings is 1. The van der Waals surface area contributed by atoms with Crippen molar-refractivity contribution in [2.24, 2.45) is 0 Å². The van der Waals surface area contributed by atoms with Crippen molar-refractivity contribution in [2.45, 2.75) is 51.4 Å². The van der Waals surface area contributed by atoms with Gasteiger partial charge in [-0.25, -0.2) is 4.79 Å². The fourth-order valence-corrected chi connectivity index (χ4v) is 3.48. The van der Waals surface area contributed by atoms with Crippen LogP contribution in [0.3, 0.4) is 0 Å². The number of rotatable bonds is 3. The first-order valence-electron chi connectivity index (χ1n) is 8.54. The fraction of sp³-hybridized carbons (Fsp3) is 0.400. The first-order chi connectivity index (χ1) is 11.8. The molecule has 0 radical (unpaired) electrons. The van der Waals surface area contributed by atoms with Crippen LogP contribution in [0.25, 0.3) is 11.1 Å². The molecule has 1 aromatic carbocycles. The van der Waals surface area contributed by atoms with E-state index in [0.717, 1.165) is 23.2 Å². The predicted octanol–water partition coefficient (Wildman–Crippen LogP) is 4.22. The van der Waals surface area contributed by atoms with Crippen molar-refractivity contribution in [3.8, 4) is 11.1 Å². The highest BCUT2D eigenvalue weighted by molar-refractivity contribution is 5.94. The van der Waals surface area contributed by atoms with Crippen molar-refractivity contribution in [2.75, 3.05) is 5.32 Å². The van der Waals surface area contributed by atoms with E-state index in [1.807, 2.05) is 64.1 Å². The quantitative estimate of drug-likeness (QED) is 0.880. The normalized spacial score (nSPS) is 20.9. The van der Waals surface area contributed by atoms with Crippen LogP contribution in [0.1, 0.15) is 34.1 Å². The molecule has 2 heterocycles. The number of nitrogens with one attached hydrogen (secondary N) is 2. The predicted molar refractivity (Wildman–Crippen MR) is 99.5 cm³/mol. The molecule has 1 unspecified atom stereocenters. The Labute approximate surface area is 148 Å². The van der Waals surface area contributed by atoms with E-state index in [9.17, 15) is 4.79 Å². The Morgan fingerprint density at radius 1 is 1.12 bits per heavy atom. The van der Waals surface area contributed by atoms with Crippen LogP contribution < -0.4 is 10.6 Å². The highest BCUT2D eigenvalue weighted by Gasteiger charge is 2.46. The van der Waals surface area contributed by atoms with E-state index in [1.54, 1.807) is 12.4 Å². The van der Waals surface area contributed by atoms with Gasteiger partial charge in [0, 0.05) is 18.0 Å². The molecule has 0 spiro atoms. The number of hydrogen-bond donors (Lipinski definition) is 2. The lowest BCUT2D eigenvalue weighted by Crippen LogP contribution is -2.47. The third-order valence-electron chi connectivity index (χ3n) is 4.55. The van der Waals surface area contributed by atoms with Crippen molar-refractivity contribution < 1.29 is 9.53 Å². The molecule has 1 fully saturated rings. The van der Waals surface area contributed by atoms with Gasteiger partial charge in [0.2, 0.25) is 0 Å². The SMILES string of the molecule is CC1(C)CC(NC(=O)Nc2ccccc2-c2ccncc2)C(C)(C)O1. The first kappa shape index (κ1) is 17.4. The lowest BCUT2D eigenvalue weighted by molar-refractivity contribution is -0.0689. The Bertz CT molecular complexity index is 757. The molecule has 3 rings (SSSR count). The maximum absolute atomic E-state index is 12.6. The van der Waals surface area contributed by atoms with E-state index >= 15 is 0 Å². The number of ether oxygens (including phenoxy) is 1. The summed E-state index contributed by atoms with van der Waals surface area (Å²) in [7, 11) is 0. The van der Waals surface area contributed by atoms with Gasteiger partial charge >= 0.3 is 6.03 Å². The number of urea groups is 1. The zero-order valence-corrected chi connectivity index (χ0v) is 15.2. The molecule has 2 N–H and O–H groups in total. The van der Waals surface area contributed by atoms with Crippen LogP contribution in [0.5, 0.6) is 0 Å². The van der Waals surface area contributed by atoms with Crippen LogP contribution in [-0.4, -0.2) is 28.3 Å². The van der Waals surface area contributed by atoms with E-state index in [4.69, 9.17) is 4.74 Å². The fourth-order valence-electron chi connectivity index (χ4n) is 3.48. The van der Waals surface area contributed by atoms with Crippen LogP contribution >= 0.6 is 0 Å². The third-order valence-corrected chi connectivity index (χ3v) is 4.55. The standard InChI is InChI=1S/C20H25N3O2/c1-19(2)13-17(20(3,4)25-19)23-18(24)22-16-8-6-5-7-15(16)14-9-11-21-12-10-14/h5-12,17H,13H2,1-4H3,(H2,22,23,24). The summed E-state index contributed by atoms with van der Waals surface area (Å²) < 4.78 is 6.04. The number of carbonyl (C=O) groups is 1. The number of nitrogens with zero attached hydrogens (tertiary/aromatic N) is 1. The van der Waals surface area contributed by atoms with Crippen LogP contribution in [0.2, 0.25) is 0 Å². The van der Waals surface area contributed by atoms with Gasteiger partial charge in [0.1, 0.15) is 0 Å². The largest absolute Gasteiger partial charge is 0.367 e. The summed E-state index contributed by atoms with van der Waals surface area (Å²) in [5.74, 6) is 0. The van der Waals surface area contributed by atoms with E-state index in [0.29, 0.717) is 0 Å². The van der Waals surface area contributed by atoms with Crippen molar-refractivity contribution in [3.63, 3.8) is 0 Å². The van der Waals surface area contributed by atoms with Crippen molar-refractivity contribution in [1.29, 1.82) is 0 Å². The summed E-state index contributed by atoms with van der Waals surface area (Å²) in [5.41, 5.74) is 2.10. The molecule has 1 aromatic heterocycles. The van der Waals surface area contributed by atoms with Crippen LogP contribution in [-0.2, 0) is 4.74 Å². The molecule has 0 aliphatic carbocycles. The molecule has 1 atom stereocenters. The van der Waals surface area contributed by atoms with E-state index in [1.165, 1.54) is 0 Å². The van der Waals surface area contributed by atoms with Crippen LogP contribution in [0.4, 0.5) is 10.5 Å². The summed E-state index contributed by atoms with van der Waals surface area (Å²) in [6.45, 7) is 8.12. The molecule has 132 valence electrons. The number of aromatic nitrogens is 1. The molecule has 5 nitrogen and oxygen atoms in total. The van der Waals surface area contributed by atoms with Crippen LogP contribution in [0, 0.1) is 0 Å². The Kier molecular flexibility index (Phi) is 4.52. The molecular formula is C20H25N3O2. The molecular weight excluding hydrogens is 314 g/mol. The van der Waals surface area contributed by atoms with E-state index in [-0.39, 0.29) is 17.7 Å². The maximum atomic E-state index is 12.6. The van der Waals surface area contributed by atoms with E-state index < -0.39 is 5.60 Å². The Morgan fingerprint density at radius 3 is 2.44 bits per heavy atom. The number of hydrogen-bond acceptors (Lipinski definition) is 3. The monoisotopic (exact) mass is 339 g/mol. The number of amides is 2. The number of pyridine rings is 1. The van der Waals surface area contributed by atoms with Gasteiger partial charge in [-0.05, 0) is 57.9 Å². The summed E-state index contributed by atoms with van der Waals surface area (Å²) in [6.07, 6.45) is 4.26. The average molecular weight is 339 g/mol. The van der Waals surface area contributed by atoms with Gasteiger partial charge in [0.15, 0.2) is 0 Å². The van der Waals surface area contributed by atoms with Crippen molar-refractivity contribution in [3.05, 3.63) is 48.8 Å². The topological polar surface area (TPSA) is 63.2 Å². The number of carbonyl (C=O) groups excluding carboxylic acids is 1. The lowest BCUT2D eigenvalue weighted by atomic mass is 9.94. The van der Waals surface area contributed by atoms with Crippen LogP contribution in [0.15, 0.2) is 48.8 Å². The zero-order chi connectivity index (χ0) is 18.1. The lowest BCUT2D eigenvalue weighted by Gasteiger charge is -2.27. The molecule has 0 saturated carbocycles. The summed E-state index contributed by atoms with van der Waals surface area (Å²) >= 11 is 0. The minimum atomic E-state index is -0.397. The third kappa shape index (κ3) is 3.99. The second-order valence-electron chi connectivity index (χ2n) is 7.60. The van der Waals surface area contributed by atoms with Gasteiger partial charge in [-0.15, -0.1) is 0 Å². The van der Waals surface area contributed by atoms with Gasteiger partial charge in [-0.2, -0.15) is 0 Å². The molecule has 1 saturated heterocycles. The maximum Gasteiger partial charge on any atom is 0.319 e. The number of para-hydroxylation sites is 1. The highest BCUT2D eigenvalue weighted by Crippen LogP contribution is 2.37. The molecule has 5 heteroatoms. The first-order valence-corrected chi connectivity index (χ1v) is 8.54. The summed E-state index contributed by atoms with van der Waals surface area (Å²) in [4.78, 5) is 16.6. The second kappa shape index (κ2) is 6.48. The Morgan fingerprint density at radius 2 is 1.80 bits per heavy atom. The summed E-state index contributed by atoms with van der Waals surface area (Å²) in [6, 6.07) is 11.3. The second-order valence-corrected chi connectivity index (χ2v) is 7.60. The van der Waals surface area contributed by atoms with Gasteiger partial charge in [0.25, 0.3) is 0 Å². The molecule has 1 aliphatic rings. The van der Waals surface area contributed by atoms with Gasteiger partial charge < -0.3 is 15.4 Å². The Balaban J connectivity index is 1.75. The summed E-state index contributed by atoms with van der Waals surface area (Å²) in [5, 5.41) is 6.04. The van der Waals surface area contributed by atoms with Gasteiger partial charge in [-0.1, -0.05) is 18.2 Å². The Hall–Kier alpha value is -2.40. The minimum absolute atomic E-state index is 0.0458. The highest BCUT2D eigenvalue weighted by atomic mass is 16.5. The molecule has 25 heavy (non-hydrogen) atoms. The van der Waals surface area contributed by atoms with Crippen molar-refractivity contribution >= 4 is 11.7 Å². The molecule has 2 amide bonds. The smallest absolute Gasteiger partial charge is 0.319 e. The van der Waals surface area contributed by atoms with Crippen molar-refractivity contribution in [1.82, 2.24) is 10.3 Å². The molecule has 1 aliphatic heterocycles. The number of anilines is 1. The zero-order valence-electron chi connectivity index (χ0n) is 15.2. The molecule has 0 bridgehead atoms. The van der Waals surface area contributed by atoms with Gasteiger partial charge in [-0.3, -0.25) is 4.98 Å². The minimum Gasteiger partial charge on any atom is -0.367 e. The van der Waals surface area contributed by atoms with E-state index in [2.05, 4.69) is 15.6 Å². The molecule has 2 aromatic rings.